The summed E-state index contributed by atoms with van der Waals surface area (Å²) in [6.45, 7) is 7.81. The summed E-state index contributed by atoms with van der Waals surface area (Å²) in [5.41, 5.74) is -0.730. The molecule has 14 heavy (non-hydrogen) atoms. The summed E-state index contributed by atoms with van der Waals surface area (Å²) in [6.07, 6.45) is 0.485. The number of hydrogen-bond acceptors (Lipinski definition) is 3. The van der Waals surface area contributed by atoms with Crippen molar-refractivity contribution in [2.45, 2.75) is 51.6 Å². The van der Waals surface area contributed by atoms with Crippen molar-refractivity contribution in [3.8, 4) is 0 Å². The van der Waals surface area contributed by atoms with Crippen molar-refractivity contribution in [1.82, 2.24) is 0 Å². The second-order valence-electron chi connectivity index (χ2n) is 4.62. The molecular weight excluding hydrogens is 183 g/mol. The fourth-order valence-electron chi connectivity index (χ4n) is 1.32. The molecule has 0 aromatic rings. The van der Waals surface area contributed by atoms with Crippen LogP contribution in [-0.4, -0.2) is 29.4 Å². The van der Waals surface area contributed by atoms with Crippen LogP contribution in [0.25, 0.3) is 0 Å². The van der Waals surface area contributed by atoms with E-state index in [2.05, 4.69) is 0 Å². The first kappa shape index (κ1) is 11.5. The monoisotopic (exact) mass is 200 g/mol. The Morgan fingerprint density at radius 2 is 1.64 bits per heavy atom. The molecule has 1 aliphatic heterocycles. The summed E-state index contributed by atoms with van der Waals surface area (Å²) >= 11 is 0. The van der Waals surface area contributed by atoms with Gasteiger partial charge >= 0.3 is 13.1 Å². The van der Waals surface area contributed by atoms with Gasteiger partial charge in [-0.15, -0.1) is 0 Å². The molecule has 1 heterocycles. The molecule has 0 aromatic heterocycles. The molecule has 0 saturated carbocycles. The van der Waals surface area contributed by atoms with Gasteiger partial charge in [0.05, 0.1) is 11.2 Å². The lowest BCUT2D eigenvalue weighted by molar-refractivity contribution is -0.136. The minimum Gasteiger partial charge on any atom is -0.481 e. The maximum atomic E-state index is 10.4. The quantitative estimate of drug-likeness (QED) is 0.702. The van der Waals surface area contributed by atoms with Crippen molar-refractivity contribution >= 4 is 13.1 Å². The van der Waals surface area contributed by atoms with Crippen LogP contribution in [0, 0.1) is 0 Å². The summed E-state index contributed by atoms with van der Waals surface area (Å²) in [5, 5.41) is 8.52. The highest BCUT2D eigenvalue weighted by Crippen LogP contribution is 2.37. The molecule has 1 aliphatic rings. The van der Waals surface area contributed by atoms with E-state index < -0.39 is 13.1 Å². The van der Waals surface area contributed by atoms with Crippen LogP contribution in [0.15, 0.2) is 0 Å². The van der Waals surface area contributed by atoms with Crippen LogP contribution in [0.4, 0.5) is 0 Å². The van der Waals surface area contributed by atoms with Crippen LogP contribution >= 0.6 is 0 Å². The molecular formula is C9H17BO4. The molecule has 80 valence electrons. The third-order valence-corrected chi connectivity index (χ3v) is 2.90. The van der Waals surface area contributed by atoms with E-state index in [-0.39, 0.29) is 17.6 Å². The van der Waals surface area contributed by atoms with Gasteiger partial charge in [-0.1, -0.05) is 0 Å². The number of aliphatic carboxylic acids is 1. The summed E-state index contributed by atoms with van der Waals surface area (Å²) in [4.78, 5) is 10.4. The minimum atomic E-state index is -0.820. The Hall–Kier alpha value is -0.545. The Bertz CT molecular complexity index is 221. The molecule has 0 radical (unpaired) electrons. The van der Waals surface area contributed by atoms with E-state index in [1.54, 1.807) is 0 Å². The second-order valence-corrected chi connectivity index (χ2v) is 4.62. The predicted molar refractivity (Wildman–Crippen MR) is 53.1 cm³/mol. The highest BCUT2D eigenvalue weighted by molar-refractivity contribution is 6.45. The zero-order chi connectivity index (χ0) is 11.0. The average Bonchev–Trinajstić information content (AvgIpc) is 2.17. The third kappa shape index (κ3) is 2.28. The number of hydrogen-bond donors (Lipinski definition) is 1. The van der Waals surface area contributed by atoms with Crippen molar-refractivity contribution in [3.05, 3.63) is 0 Å². The lowest BCUT2D eigenvalue weighted by Gasteiger charge is -2.32. The first-order valence-electron chi connectivity index (χ1n) is 4.82. The van der Waals surface area contributed by atoms with E-state index in [4.69, 9.17) is 14.4 Å². The van der Waals surface area contributed by atoms with Gasteiger partial charge in [-0.05, 0) is 34.0 Å². The fraction of sp³-hybridized carbons (Fsp3) is 0.889. The van der Waals surface area contributed by atoms with Crippen LogP contribution < -0.4 is 0 Å². The van der Waals surface area contributed by atoms with Crippen molar-refractivity contribution in [2.24, 2.45) is 0 Å². The van der Waals surface area contributed by atoms with Crippen LogP contribution in [0.3, 0.4) is 0 Å². The second kappa shape index (κ2) is 3.55. The lowest BCUT2D eigenvalue weighted by Crippen LogP contribution is -2.41. The first-order chi connectivity index (χ1) is 6.24. The Morgan fingerprint density at radius 1 is 1.21 bits per heavy atom. The van der Waals surface area contributed by atoms with Gasteiger partial charge in [0.15, 0.2) is 0 Å². The molecule has 0 atom stereocenters. The number of carboxylic acid groups (broad SMARTS) is 1. The first-order valence-corrected chi connectivity index (χ1v) is 4.82. The van der Waals surface area contributed by atoms with Crippen molar-refractivity contribution in [3.63, 3.8) is 0 Å². The molecule has 0 unspecified atom stereocenters. The molecule has 0 aromatic carbocycles. The molecule has 0 amide bonds. The molecule has 1 N–H and O–H groups in total. The predicted octanol–water partition coefficient (Wildman–Crippen LogP) is 1.55. The molecule has 5 heteroatoms. The van der Waals surface area contributed by atoms with Gasteiger partial charge in [0, 0.05) is 6.42 Å². The molecule has 0 aliphatic carbocycles. The van der Waals surface area contributed by atoms with E-state index in [9.17, 15) is 4.79 Å². The van der Waals surface area contributed by atoms with E-state index in [1.807, 2.05) is 27.7 Å². The van der Waals surface area contributed by atoms with E-state index >= 15 is 0 Å². The Labute approximate surface area is 84.7 Å². The maximum absolute atomic E-state index is 10.4. The van der Waals surface area contributed by atoms with Crippen LogP contribution in [0.2, 0.25) is 6.32 Å². The van der Waals surface area contributed by atoms with Gasteiger partial charge in [0.1, 0.15) is 0 Å². The highest BCUT2D eigenvalue weighted by atomic mass is 16.7. The Kier molecular flexibility index (Phi) is 2.92. The smallest absolute Gasteiger partial charge is 0.458 e. The SMILES string of the molecule is CC1(C)OB(CCC(=O)O)OC1(C)C. The number of carbonyl (C=O) groups is 1. The van der Waals surface area contributed by atoms with Crippen molar-refractivity contribution in [2.75, 3.05) is 0 Å². The van der Waals surface area contributed by atoms with Crippen LogP contribution in [-0.2, 0) is 14.1 Å². The van der Waals surface area contributed by atoms with Crippen LogP contribution in [0.5, 0.6) is 0 Å². The zero-order valence-electron chi connectivity index (χ0n) is 9.16. The van der Waals surface area contributed by atoms with Gasteiger partial charge in [-0.2, -0.15) is 0 Å². The minimum absolute atomic E-state index is 0.0802. The lowest BCUT2D eigenvalue weighted by atomic mass is 9.83. The molecule has 4 nitrogen and oxygen atoms in total. The van der Waals surface area contributed by atoms with Gasteiger partial charge in [0.25, 0.3) is 0 Å². The fourth-order valence-corrected chi connectivity index (χ4v) is 1.32. The van der Waals surface area contributed by atoms with Crippen LogP contribution in [0.1, 0.15) is 34.1 Å². The molecule has 0 spiro atoms. The highest BCUT2D eigenvalue weighted by Gasteiger charge is 2.50. The summed E-state index contributed by atoms with van der Waals surface area (Å²) in [5.74, 6) is -0.820. The normalized spacial score (nSPS) is 23.9. The summed E-state index contributed by atoms with van der Waals surface area (Å²) in [6, 6.07) is 0. The molecule has 1 rings (SSSR count). The van der Waals surface area contributed by atoms with E-state index in [0.717, 1.165) is 0 Å². The molecule has 0 bridgehead atoms. The van der Waals surface area contributed by atoms with E-state index in [0.29, 0.717) is 6.32 Å². The van der Waals surface area contributed by atoms with Gasteiger partial charge in [-0.25, -0.2) is 0 Å². The van der Waals surface area contributed by atoms with Crippen molar-refractivity contribution < 1.29 is 19.2 Å². The largest absolute Gasteiger partial charge is 0.481 e. The molecule has 1 fully saturated rings. The van der Waals surface area contributed by atoms with Gasteiger partial charge in [-0.3, -0.25) is 4.79 Å². The Morgan fingerprint density at radius 3 is 2.00 bits per heavy atom. The summed E-state index contributed by atoms with van der Waals surface area (Å²) in [7, 11) is -0.393. The Balaban J connectivity index is 2.51. The van der Waals surface area contributed by atoms with Gasteiger partial charge < -0.3 is 14.4 Å². The summed E-state index contributed by atoms with van der Waals surface area (Å²) < 4.78 is 11.3. The zero-order valence-corrected chi connectivity index (χ0v) is 9.16. The topological polar surface area (TPSA) is 55.8 Å². The molecule has 1 saturated heterocycles. The number of rotatable bonds is 3. The van der Waals surface area contributed by atoms with E-state index in [1.165, 1.54) is 0 Å². The number of carboxylic acids is 1. The average molecular weight is 200 g/mol. The standard InChI is InChI=1S/C9H17BO4/c1-8(2)9(3,4)14-10(13-8)6-5-7(11)12/h5-6H2,1-4H3,(H,11,12). The third-order valence-electron chi connectivity index (χ3n) is 2.90. The van der Waals surface area contributed by atoms with Crippen molar-refractivity contribution in [1.29, 1.82) is 0 Å². The van der Waals surface area contributed by atoms with Gasteiger partial charge in [0.2, 0.25) is 0 Å². The maximum Gasteiger partial charge on any atom is 0.458 e.